The zero-order chi connectivity index (χ0) is 16.3. The van der Waals surface area contributed by atoms with Gasteiger partial charge in [-0.05, 0) is 42.8 Å². The predicted molar refractivity (Wildman–Crippen MR) is 100.0 cm³/mol. The maximum Gasteiger partial charge on any atom is 0.251 e. The van der Waals surface area contributed by atoms with Crippen molar-refractivity contribution >= 4 is 18.3 Å². The quantitative estimate of drug-likeness (QED) is 0.683. The standard InChI is InChI=1S/C19H24N2O2.ClH/c1-2-12-20-13-14-21-19(22)17-10-8-16(9-11-17)15-23-18-6-4-3-5-7-18;/h3-11,20H,2,12-15H2,1H3,(H,21,22);1H. The van der Waals surface area contributed by atoms with Crippen LogP contribution >= 0.6 is 12.4 Å². The fourth-order valence-corrected chi connectivity index (χ4v) is 2.10. The fourth-order valence-electron chi connectivity index (χ4n) is 2.10. The van der Waals surface area contributed by atoms with Crippen molar-refractivity contribution in [2.24, 2.45) is 0 Å². The van der Waals surface area contributed by atoms with Crippen molar-refractivity contribution in [3.63, 3.8) is 0 Å². The number of halogens is 1. The van der Waals surface area contributed by atoms with Crippen LogP contribution in [0.1, 0.15) is 29.3 Å². The van der Waals surface area contributed by atoms with Gasteiger partial charge in [-0.3, -0.25) is 4.79 Å². The van der Waals surface area contributed by atoms with E-state index in [0.29, 0.717) is 18.7 Å². The summed E-state index contributed by atoms with van der Waals surface area (Å²) in [5.41, 5.74) is 1.71. The van der Waals surface area contributed by atoms with Gasteiger partial charge >= 0.3 is 0 Å². The molecule has 2 aromatic rings. The smallest absolute Gasteiger partial charge is 0.251 e. The fraction of sp³-hybridized carbons (Fsp3) is 0.316. The highest BCUT2D eigenvalue weighted by Gasteiger charge is 2.04. The van der Waals surface area contributed by atoms with Crippen molar-refractivity contribution in [2.45, 2.75) is 20.0 Å². The normalized spacial score (nSPS) is 9.88. The van der Waals surface area contributed by atoms with Gasteiger partial charge in [0.25, 0.3) is 5.91 Å². The number of hydrogen-bond donors (Lipinski definition) is 2. The van der Waals surface area contributed by atoms with E-state index in [1.54, 1.807) is 0 Å². The average Bonchev–Trinajstić information content (AvgIpc) is 2.61. The molecule has 0 saturated carbocycles. The molecule has 1 amide bonds. The van der Waals surface area contributed by atoms with Crippen molar-refractivity contribution in [1.82, 2.24) is 10.6 Å². The molecule has 2 rings (SSSR count). The number of rotatable bonds is 9. The monoisotopic (exact) mass is 348 g/mol. The van der Waals surface area contributed by atoms with E-state index in [-0.39, 0.29) is 18.3 Å². The van der Waals surface area contributed by atoms with Crippen LogP contribution in [-0.4, -0.2) is 25.5 Å². The largest absolute Gasteiger partial charge is 0.489 e. The zero-order valence-corrected chi connectivity index (χ0v) is 14.8. The highest BCUT2D eigenvalue weighted by molar-refractivity contribution is 5.94. The summed E-state index contributed by atoms with van der Waals surface area (Å²) in [7, 11) is 0. The zero-order valence-electron chi connectivity index (χ0n) is 14.0. The minimum absolute atomic E-state index is 0. The third-order valence-corrected chi connectivity index (χ3v) is 3.38. The first-order valence-electron chi connectivity index (χ1n) is 8.05. The van der Waals surface area contributed by atoms with Crippen LogP contribution < -0.4 is 15.4 Å². The van der Waals surface area contributed by atoms with Crippen LogP contribution in [0.3, 0.4) is 0 Å². The Morgan fingerprint density at radius 1 is 0.958 bits per heavy atom. The molecule has 0 atom stereocenters. The van der Waals surface area contributed by atoms with E-state index in [4.69, 9.17) is 4.74 Å². The number of benzene rings is 2. The number of carbonyl (C=O) groups excluding carboxylic acids is 1. The minimum Gasteiger partial charge on any atom is -0.489 e. The summed E-state index contributed by atoms with van der Waals surface area (Å²) >= 11 is 0. The lowest BCUT2D eigenvalue weighted by atomic mass is 10.1. The summed E-state index contributed by atoms with van der Waals surface area (Å²) in [4.78, 5) is 12.0. The molecule has 0 radical (unpaired) electrons. The molecule has 0 aliphatic carbocycles. The van der Waals surface area contributed by atoms with Gasteiger partial charge in [0.05, 0.1) is 0 Å². The number of ether oxygens (including phenoxy) is 1. The van der Waals surface area contributed by atoms with Crippen LogP contribution in [0.4, 0.5) is 0 Å². The van der Waals surface area contributed by atoms with Crippen LogP contribution in [0.15, 0.2) is 54.6 Å². The summed E-state index contributed by atoms with van der Waals surface area (Å²) in [5.74, 6) is 0.799. The van der Waals surface area contributed by atoms with Crippen LogP contribution in [0, 0.1) is 0 Å². The third-order valence-electron chi connectivity index (χ3n) is 3.38. The topological polar surface area (TPSA) is 50.4 Å². The first-order chi connectivity index (χ1) is 11.3. The Kier molecular flexibility index (Phi) is 9.58. The Hall–Kier alpha value is -2.04. The minimum atomic E-state index is -0.0428. The van der Waals surface area contributed by atoms with E-state index in [1.165, 1.54) is 0 Å². The second kappa shape index (κ2) is 11.5. The molecule has 0 bridgehead atoms. The highest BCUT2D eigenvalue weighted by Crippen LogP contribution is 2.12. The lowest BCUT2D eigenvalue weighted by Crippen LogP contribution is -2.32. The van der Waals surface area contributed by atoms with Crippen LogP contribution in [0.2, 0.25) is 0 Å². The Morgan fingerprint density at radius 2 is 1.67 bits per heavy atom. The summed E-state index contributed by atoms with van der Waals surface area (Å²) < 4.78 is 5.69. The van der Waals surface area contributed by atoms with E-state index in [9.17, 15) is 4.79 Å². The van der Waals surface area contributed by atoms with Gasteiger partial charge in [-0.2, -0.15) is 0 Å². The van der Waals surface area contributed by atoms with Crippen LogP contribution in [0.5, 0.6) is 5.75 Å². The molecule has 0 saturated heterocycles. The van der Waals surface area contributed by atoms with E-state index in [0.717, 1.165) is 30.8 Å². The van der Waals surface area contributed by atoms with Gasteiger partial charge < -0.3 is 15.4 Å². The molecule has 2 aromatic carbocycles. The summed E-state index contributed by atoms with van der Waals surface area (Å²) in [6.07, 6.45) is 1.10. The summed E-state index contributed by atoms with van der Waals surface area (Å²) in [6, 6.07) is 17.2. The molecule has 130 valence electrons. The molecule has 4 nitrogen and oxygen atoms in total. The molecule has 0 fully saturated rings. The van der Waals surface area contributed by atoms with Crippen molar-refractivity contribution in [1.29, 1.82) is 0 Å². The van der Waals surface area contributed by atoms with Crippen LogP contribution in [0.25, 0.3) is 0 Å². The third kappa shape index (κ3) is 7.02. The highest BCUT2D eigenvalue weighted by atomic mass is 35.5. The molecule has 2 N–H and O–H groups in total. The van der Waals surface area contributed by atoms with Gasteiger partial charge in [-0.1, -0.05) is 37.3 Å². The second-order valence-electron chi connectivity index (χ2n) is 5.30. The molecule has 0 unspecified atom stereocenters. The van der Waals surface area contributed by atoms with Crippen LogP contribution in [-0.2, 0) is 6.61 Å². The molecule has 0 heterocycles. The first-order valence-corrected chi connectivity index (χ1v) is 8.05. The molecule has 0 aromatic heterocycles. The van der Waals surface area contributed by atoms with Crippen molar-refractivity contribution in [3.05, 3.63) is 65.7 Å². The molecule has 0 aliphatic heterocycles. The molecular formula is C19H25ClN2O2. The van der Waals surface area contributed by atoms with Crippen molar-refractivity contribution in [3.8, 4) is 5.75 Å². The number of para-hydroxylation sites is 1. The summed E-state index contributed by atoms with van der Waals surface area (Å²) in [5, 5.41) is 6.15. The number of carbonyl (C=O) groups is 1. The molecule has 5 heteroatoms. The van der Waals surface area contributed by atoms with Gasteiger partial charge in [0.1, 0.15) is 12.4 Å². The maximum atomic E-state index is 12.0. The van der Waals surface area contributed by atoms with Crippen molar-refractivity contribution < 1.29 is 9.53 Å². The predicted octanol–water partition coefficient (Wildman–Crippen LogP) is 3.42. The molecule has 24 heavy (non-hydrogen) atoms. The van der Waals surface area contributed by atoms with E-state index in [2.05, 4.69) is 17.6 Å². The van der Waals surface area contributed by atoms with Crippen molar-refractivity contribution in [2.75, 3.05) is 19.6 Å². The number of hydrogen-bond acceptors (Lipinski definition) is 3. The molecule has 0 spiro atoms. The number of amides is 1. The second-order valence-corrected chi connectivity index (χ2v) is 5.30. The van der Waals surface area contributed by atoms with Gasteiger partial charge in [0, 0.05) is 18.7 Å². The van der Waals surface area contributed by atoms with Gasteiger partial charge in [-0.25, -0.2) is 0 Å². The molecule has 0 aliphatic rings. The SMILES string of the molecule is CCCNCCNC(=O)c1ccc(COc2ccccc2)cc1.Cl. The maximum absolute atomic E-state index is 12.0. The molecular weight excluding hydrogens is 324 g/mol. The first kappa shape index (κ1) is 20.0. The lowest BCUT2D eigenvalue weighted by Gasteiger charge is -2.08. The van der Waals surface area contributed by atoms with E-state index in [1.807, 2.05) is 54.6 Å². The summed E-state index contributed by atoms with van der Waals surface area (Å²) in [6.45, 7) is 5.02. The van der Waals surface area contributed by atoms with Gasteiger partial charge in [0.2, 0.25) is 0 Å². The lowest BCUT2D eigenvalue weighted by molar-refractivity contribution is 0.0954. The van der Waals surface area contributed by atoms with Gasteiger partial charge in [-0.15, -0.1) is 12.4 Å². The Bertz CT molecular complexity index is 588. The van der Waals surface area contributed by atoms with E-state index >= 15 is 0 Å². The Labute approximate surface area is 150 Å². The Balaban J connectivity index is 0.00000288. The van der Waals surface area contributed by atoms with Gasteiger partial charge in [0.15, 0.2) is 0 Å². The number of nitrogens with one attached hydrogen (secondary N) is 2. The van der Waals surface area contributed by atoms with E-state index < -0.39 is 0 Å². The Morgan fingerprint density at radius 3 is 2.33 bits per heavy atom. The average molecular weight is 349 g/mol.